The van der Waals surface area contributed by atoms with Gasteiger partial charge < -0.3 is 0 Å². The predicted molar refractivity (Wildman–Crippen MR) is 193 cm³/mol. The fourth-order valence-corrected chi connectivity index (χ4v) is 8.98. The molecule has 42 heavy (non-hydrogen) atoms. The molecule has 0 bridgehead atoms. The van der Waals surface area contributed by atoms with Gasteiger partial charge in [-0.3, -0.25) is 14.0 Å². The molecule has 0 aromatic heterocycles. The molecular formula is C33H48N6Si3. The average Bonchev–Trinajstić information content (AvgIpc) is 2.93. The molecule has 3 aromatic carbocycles. The van der Waals surface area contributed by atoms with Crippen LogP contribution in [-0.4, -0.2) is 41.8 Å². The Morgan fingerprint density at radius 3 is 1.00 bits per heavy atom. The van der Waals surface area contributed by atoms with Gasteiger partial charge in [-0.05, 0) is 115 Å². The highest BCUT2D eigenvalue weighted by molar-refractivity contribution is 6.82. The van der Waals surface area contributed by atoms with Gasteiger partial charge in [0.25, 0.3) is 0 Å². The minimum atomic E-state index is -1.93. The summed E-state index contributed by atoms with van der Waals surface area (Å²) < 4.78 is 6.85. The molecule has 0 heterocycles. The van der Waals surface area contributed by atoms with Gasteiger partial charge >= 0.3 is 0 Å². The largest absolute Gasteiger partial charge is 0.295 e. The fraction of sp³-hybridized carbons (Fsp3) is 0.364. The molecule has 3 aromatic rings. The lowest BCUT2D eigenvalue weighted by Crippen LogP contribution is -2.48. The number of rotatable bonds is 9. The van der Waals surface area contributed by atoms with Crippen LogP contribution < -0.4 is 14.0 Å². The second kappa shape index (κ2) is 12.9. The van der Waals surface area contributed by atoms with E-state index >= 15 is 0 Å². The molecule has 1 fully saturated rings. The summed E-state index contributed by atoms with van der Waals surface area (Å²) in [5.74, 6) is 0. The van der Waals surface area contributed by atoms with Gasteiger partial charge in [0.2, 0.25) is 0 Å². The second-order valence-electron chi connectivity index (χ2n) is 13.9. The van der Waals surface area contributed by atoms with Gasteiger partial charge in [0, 0.05) is 17.1 Å². The highest BCUT2D eigenvalue weighted by Gasteiger charge is 2.33. The number of benzene rings is 3. The molecule has 0 saturated heterocycles. The van der Waals surface area contributed by atoms with Crippen LogP contribution in [0.1, 0.15) is 19.3 Å². The van der Waals surface area contributed by atoms with Crippen molar-refractivity contribution in [3.05, 3.63) is 91.0 Å². The molecule has 1 aliphatic rings. The molecule has 9 heteroatoms. The summed E-state index contributed by atoms with van der Waals surface area (Å²) in [5, 5.41) is 16.4. The van der Waals surface area contributed by atoms with Gasteiger partial charge in [-0.25, -0.2) is 0 Å². The lowest BCUT2D eigenvalue weighted by Gasteiger charge is -2.36. The van der Waals surface area contributed by atoms with E-state index in [0.29, 0.717) is 0 Å². The van der Waals surface area contributed by atoms with Gasteiger partial charge in [0.05, 0.1) is 11.4 Å². The van der Waals surface area contributed by atoms with Crippen LogP contribution in [0.3, 0.4) is 0 Å². The van der Waals surface area contributed by atoms with E-state index in [-0.39, 0.29) is 0 Å². The highest BCUT2D eigenvalue weighted by atomic mass is 28.3. The van der Waals surface area contributed by atoms with Crippen molar-refractivity contribution in [2.24, 2.45) is 15.3 Å². The summed E-state index contributed by atoms with van der Waals surface area (Å²) in [4.78, 5) is 0. The molecule has 0 aliphatic heterocycles. The predicted octanol–water partition coefficient (Wildman–Crippen LogP) is 9.26. The van der Waals surface area contributed by atoms with E-state index in [1.807, 2.05) is 0 Å². The lowest BCUT2D eigenvalue weighted by molar-refractivity contribution is 0.900. The Morgan fingerprint density at radius 1 is 0.429 bits per heavy atom. The minimum Gasteiger partial charge on any atom is -0.295 e. The normalized spacial score (nSPS) is 17.5. The number of hydrogen-bond acceptors (Lipinski definition) is 6. The summed E-state index contributed by atoms with van der Waals surface area (Å²) in [7, 11) is -5.68. The third-order valence-electron chi connectivity index (χ3n) is 6.92. The second-order valence-corrected chi connectivity index (χ2v) is 28.1. The summed E-state index contributed by atoms with van der Waals surface area (Å²) in [5.41, 5.74) is 6.34. The minimum absolute atomic E-state index is 0.873. The Labute approximate surface area is 256 Å². The molecule has 1 saturated carbocycles. The summed E-state index contributed by atoms with van der Waals surface area (Å²) in [6, 6.07) is 31.8. The molecule has 222 valence electrons. The van der Waals surface area contributed by atoms with Crippen LogP contribution in [-0.2, 0) is 0 Å². The maximum Gasteiger partial charge on any atom is 0.176 e. The number of hydrazone groups is 3. The van der Waals surface area contributed by atoms with E-state index < -0.39 is 24.7 Å². The Morgan fingerprint density at radius 2 is 0.714 bits per heavy atom. The topological polar surface area (TPSA) is 46.8 Å². The van der Waals surface area contributed by atoms with E-state index in [0.717, 1.165) is 53.5 Å². The zero-order valence-corrected chi connectivity index (χ0v) is 30.0. The number of para-hydroxylation sites is 3. The molecular weight excluding hydrogens is 565 g/mol. The Bertz CT molecular complexity index is 1330. The number of anilines is 3. The van der Waals surface area contributed by atoms with Gasteiger partial charge in [0.1, 0.15) is 5.71 Å². The van der Waals surface area contributed by atoms with Crippen molar-refractivity contribution in [1.29, 1.82) is 0 Å². The molecule has 6 nitrogen and oxygen atoms in total. The van der Waals surface area contributed by atoms with E-state index in [9.17, 15) is 0 Å². The molecule has 4 rings (SSSR count). The highest BCUT2D eigenvalue weighted by Crippen LogP contribution is 2.28. The van der Waals surface area contributed by atoms with Crippen LogP contribution in [0.15, 0.2) is 106 Å². The van der Waals surface area contributed by atoms with Crippen molar-refractivity contribution in [1.82, 2.24) is 0 Å². The van der Waals surface area contributed by atoms with Crippen LogP contribution in [0.5, 0.6) is 0 Å². The van der Waals surface area contributed by atoms with Crippen molar-refractivity contribution in [3.8, 4) is 0 Å². The van der Waals surface area contributed by atoms with Crippen molar-refractivity contribution < 1.29 is 0 Å². The van der Waals surface area contributed by atoms with Crippen LogP contribution >= 0.6 is 0 Å². The zero-order valence-electron chi connectivity index (χ0n) is 27.0. The molecule has 0 radical (unpaired) electrons. The first-order valence-electron chi connectivity index (χ1n) is 15.1. The lowest BCUT2D eigenvalue weighted by atomic mass is 9.94. The van der Waals surface area contributed by atoms with Crippen molar-refractivity contribution in [2.45, 2.75) is 78.2 Å². The average molecular weight is 613 g/mol. The van der Waals surface area contributed by atoms with Gasteiger partial charge in [-0.1, -0.05) is 54.6 Å². The van der Waals surface area contributed by atoms with E-state index in [1.165, 1.54) is 0 Å². The number of hydrogen-bond donors (Lipinski definition) is 0. The van der Waals surface area contributed by atoms with E-state index in [1.54, 1.807) is 0 Å². The molecule has 0 atom stereocenters. The third-order valence-corrected chi connectivity index (χ3v) is 11.8. The first kappa shape index (κ1) is 31.7. The van der Waals surface area contributed by atoms with Crippen LogP contribution in [0, 0.1) is 0 Å². The Balaban J connectivity index is 1.96. The summed E-state index contributed by atoms with van der Waals surface area (Å²) in [6.07, 6.45) is 2.74. The van der Waals surface area contributed by atoms with Crippen LogP contribution in [0.25, 0.3) is 0 Å². The molecule has 0 N–H and O–H groups in total. The monoisotopic (exact) mass is 612 g/mol. The molecule has 0 spiro atoms. The maximum atomic E-state index is 5.53. The van der Waals surface area contributed by atoms with Crippen molar-refractivity contribution in [3.63, 3.8) is 0 Å². The smallest absolute Gasteiger partial charge is 0.176 e. The summed E-state index contributed by atoms with van der Waals surface area (Å²) in [6.45, 7) is 21.1. The number of nitrogens with zero attached hydrogens (tertiary/aromatic N) is 6. The summed E-state index contributed by atoms with van der Waals surface area (Å²) >= 11 is 0. The van der Waals surface area contributed by atoms with E-state index in [2.05, 4.69) is 164 Å². The molecule has 0 amide bonds. The van der Waals surface area contributed by atoms with E-state index in [4.69, 9.17) is 15.3 Å². The van der Waals surface area contributed by atoms with Crippen molar-refractivity contribution >= 4 is 58.9 Å². The Hall–Kier alpha value is -3.28. The third kappa shape index (κ3) is 7.96. The van der Waals surface area contributed by atoms with Crippen LogP contribution in [0.4, 0.5) is 17.1 Å². The van der Waals surface area contributed by atoms with Crippen LogP contribution in [0.2, 0.25) is 58.9 Å². The molecule has 1 aliphatic carbocycles. The molecule has 0 unspecified atom stereocenters. The first-order chi connectivity index (χ1) is 19.7. The Kier molecular flexibility index (Phi) is 9.74. The first-order valence-corrected chi connectivity index (χ1v) is 25.4. The fourth-order valence-electron chi connectivity index (χ4n) is 4.97. The quantitative estimate of drug-likeness (QED) is 0.179. The standard InChI is InChI=1S/C33H48N6Si3/c1-40(2,3)37(28-20-13-10-14-21-28)34-31-26-19-27-32(35-38(41(4,5)6)29-22-15-11-16-23-29)33(31)36-39(42(7,8)9)30-24-17-12-18-25-30/h10-18,20-25H,19,26-27H2,1-9H3/b34-31-,35-32+,36-33-. The zero-order chi connectivity index (χ0) is 30.5. The van der Waals surface area contributed by atoms with Gasteiger partial charge in [-0.2, -0.15) is 15.3 Å². The SMILES string of the molecule is C[Si](C)(C)N(/N=C1/CCCC(=N\N(c2ccccc2)[Si](C)(C)C)/C1=N\N(c1ccccc1)[Si](C)(C)C)c1ccccc1. The van der Waals surface area contributed by atoms with Gasteiger partial charge in [0.15, 0.2) is 24.7 Å². The van der Waals surface area contributed by atoms with Gasteiger partial charge in [-0.15, -0.1) is 0 Å². The van der Waals surface area contributed by atoms with Crippen molar-refractivity contribution in [2.75, 3.05) is 14.0 Å². The maximum absolute atomic E-state index is 5.53.